The van der Waals surface area contributed by atoms with Gasteiger partial charge in [0.2, 0.25) is 5.95 Å². The number of hydrogen-bond acceptors (Lipinski definition) is 7. The maximum absolute atomic E-state index is 11.8. The lowest BCUT2D eigenvalue weighted by Gasteiger charge is -2.12. The first-order chi connectivity index (χ1) is 9.94. The van der Waals surface area contributed by atoms with Crippen LogP contribution in [0.25, 0.3) is 11.2 Å². The van der Waals surface area contributed by atoms with Crippen LogP contribution in [-0.2, 0) is 20.6 Å². The molecule has 9 nitrogen and oxygen atoms in total. The number of rotatable bonds is 6. The van der Waals surface area contributed by atoms with Crippen LogP contribution in [0.4, 0.5) is 5.95 Å². The fourth-order valence-electron chi connectivity index (χ4n) is 1.64. The van der Waals surface area contributed by atoms with Gasteiger partial charge in [-0.1, -0.05) is 11.6 Å². The van der Waals surface area contributed by atoms with Gasteiger partial charge in [0.25, 0.3) is 0 Å². The zero-order valence-corrected chi connectivity index (χ0v) is 12.5. The van der Waals surface area contributed by atoms with Crippen molar-refractivity contribution < 1.29 is 18.7 Å². The average molecular weight is 334 g/mol. The van der Waals surface area contributed by atoms with Gasteiger partial charge in [-0.05, 0) is 12.8 Å². The van der Waals surface area contributed by atoms with Gasteiger partial charge < -0.3 is 15.4 Å². The Morgan fingerprint density at radius 2 is 2.29 bits per heavy atom. The Hall–Kier alpha value is -1.25. The van der Waals surface area contributed by atoms with E-state index in [2.05, 4.69) is 15.0 Å². The first kappa shape index (κ1) is 14.7. The van der Waals surface area contributed by atoms with E-state index in [-0.39, 0.29) is 30.3 Å². The Balaban J connectivity index is 1.71. The van der Waals surface area contributed by atoms with Crippen molar-refractivity contribution in [2.24, 2.45) is 0 Å². The number of ether oxygens (including phenoxy) is 1. The predicted octanol–water partition coefficient (Wildman–Crippen LogP) is 1.36. The first-order valence-electron chi connectivity index (χ1n) is 6.16. The van der Waals surface area contributed by atoms with Crippen LogP contribution in [0, 0.1) is 0 Å². The van der Waals surface area contributed by atoms with Crippen molar-refractivity contribution in [1.82, 2.24) is 19.5 Å². The maximum atomic E-state index is 11.8. The number of fused-ring (bicyclic) bond motifs is 1. The standard InChI is InChI=1S/C10H13ClN5O4P/c11-8-7-9(15-10(12)14-8)16(3-13-7)4-20-21(17,18)5-19-6-1-2-6/h3,6H,1-2,4-5H2,(H,17,18)(H2,12,14,15). The van der Waals surface area contributed by atoms with Gasteiger partial charge in [-0.15, -0.1) is 0 Å². The molecule has 1 fully saturated rings. The highest BCUT2D eigenvalue weighted by atomic mass is 35.5. The SMILES string of the molecule is Nc1nc(Cl)c2ncn(COP(=O)(O)COC3CC3)c2n1. The van der Waals surface area contributed by atoms with E-state index in [0.717, 1.165) is 12.8 Å². The molecule has 11 heteroatoms. The Kier molecular flexibility index (Phi) is 3.85. The van der Waals surface area contributed by atoms with E-state index in [9.17, 15) is 9.46 Å². The number of halogens is 1. The van der Waals surface area contributed by atoms with Crippen molar-refractivity contribution in [2.45, 2.75) is 25.7 Å². The molecule has 0 radical (unpaired) electrons. The average Bonchev–Trinajstić information content (AvgIpc) is 3.15. The van der Waals surface area contributed by atoms with Crippen LogP contribution in [-0.4, -0.2) is 36.9 Å². The highest BCUT2D eigenvalue weighted by Crippen LogP contribution is 2.44. The van der Waals surface area contributed by atoms with Gasteiger partial charge in [-0.25, -0.2) is 4.98 Å². The van der Waals surface area contributed by atoms with Crippen LogP contribution >= 0.6 is 19.2 Å². The summed E-state index contributed by atoms with van der Waals surface area (Å²) in [6.45, 7) is -0.217. The lowest BCUT2D eigenvalue weighted by molar-refractivity contribution is 0.121. The molecular weight excluding hydrogens is 321 g/mol. The van der Waals surface area contributed by atoms with Crippen molar-refractivity contribution in [3.63, 3.8) is 0 Å². The third-order valence-corrected chi connectivity index (χ3v) is 4.09. The summed E-state index contributed by atoms with van der Waals surface area (Å²) in [7, 11) is -3.83. The summed E-state index contributed by atoms with van der Waals surface area (Å²) in [6.07, 6.45) is 2.96. The number of aromatic nitrogens is 4. The summed E-state index contributed by atoms with van der Waals surface area (Å²) in [6, 6.07) is 0. The van der Waals surface area contributed by atoms with E-state index in [0.29, 0.717) is 11.2 Å². The van der Waals surface area contributed by atoms with Crippen molar-refractivity contribution in [3.8, 4) is 0 Å². The van der Waals surface area contributed by atoms with Crippen LogP contribution in [0.3, 0.4) is 0 Å². The highest BCUT2D eigenvalue weighted by Gasteiger charge is 2.28. The Morgan fingerprint density at radius 3 is 3.00 bits per heavy atom. The summed E-state index contributed by atoms with van der Waals surface area (Å²) in [5.74, 6) is -0.0153. The maximum Gasteiger partial charge on any atom is 0.355 e. The molecule has 114 valence electrons. The quantitative estimate of drug-likeness (QED) is 0.599. The molecule has 0 bridgehead atoms. The molecule has 0 aliphatic heterocycles. The Morgan fingerprint density at radius 1 is 1.52 bits per heavy atom. The molecule has 1 unspecified atom stereocenters. The molecule has 2 heterocycles. The number of nitrogens with zero attached hydrogens (tertiary/aromatic N) is 4. The highest BCUT2D eigenvalue weighted by molar-refractivity contribution is 7.52. The van der Waals surface area contributed by atoms with Crippen LogP contribution in [0.5, 0.6) is 0 Å². The lowest BCUT2D eigenvalue weighted by Crippen LogP contribution is -2.06. The molecular formula is C10H13ClN5O4P. The molecule has 3 N–H and O–H groups in total. The van der Waals surface area contributed by atoms with E-state index in [4.69, 9.17) is 26.6 Å². The molecule has 3 rings (SSSR count). The van der Waals surface area contributed by atoms with Gasteiger partial charge in [-0.3, -0.25) is 13.7 Å². The molecule has 0 saturated heterocycles. The molecule has 0 amide bonds. The van der Waals surface area contributed by atoms with Crippen molar-refractivity contribution in [1.29, 1.82) is 0 Å². The minimum absolute atomic E-state index is 0.0153. The van der Waals surface area contributed by atoms with E-state index in [1.807, 2.05) is 0 Å². The molecule has 1 atom stereocenters. The van der Waals surface area contributed by atoms with E-state index >= 15 is 0 Å². The molecule has 1 saturated carbocycles. The van der Waals surface area contributed by atoms with Gasteiger partial charge in [0.15, 0.2) is 10.8 Å². The van der Waals surface area contributed by atoms with Crippen molar-refractivity contribution in [2.75, 3.05) is 12.1 Å². The summed E-state index contributed by atoms with van der Waals surface area (Å²) in [4.78, 5) is 21.4. The topological polar surface area (TPSA) is 125 Å². The minimum atomic E-state index is -3.83. The molecule has 0 spiro atoms. The molecule has 0 aromatic carbocycles. The van der Waals surface area contributed by atoms with Gasteiger partial charge in [0.05, 0.1) is 12.4 Å². The van der Waals surface area contributed by atoms with Crippen LogP contribution in [0.2, 0.25) is 5.15 Å². The zero-order chi connectivity index (χ0) is 15.0. The zero-order valence-electron chi connectivity index (χ0n) is 10.8. The monoisotopic (exact) mass is 333 g/mol. The van der Waals surface area contributed by atoms with Gasteiger partial charge >= 0.3 is 7.60 Å². The number of anilines is 1. The molecule has 21 heavy (non-hydrogen) atoms. The summed E-state index contributed by atoms with van der Waals surface area (Å²) in [5, 5.41) is 0.112. The minimum Gasteiger partial charge on any atom is -0.368 e. The van der Waals surface area contributed by atoms with E-state index < -0.39 is 7.60 Å². The third kappa shape index (κ3) is 3.50. The van der Waals surface area contributed by atoms with Crippen LogP contribution in [0.15, 0.2) is 6.33 Å². The van der Waals surface area contributed by atoms with Crippen molar-refractivity contribution in [3.05, 3.63) is 11.5 Å². The summed E-state index contributed by atoms with van der Waals surface area (Å²) >= 11 is 5.89. The molecule has 2 aromatic rings. The fraction of sp³-hybridized carbons (Fsp3) is 0.500. The van der Waals surface area contributed by atoms with Gasteiger partial charge in [0.1, 0.15) is 18.6 Å². The van der Waals surface area contributed by atoms with Gasteiger partial charge in [0, 0.05) is 0 Å². The molecule has 1 aliphatic carbocycles. The van der Waals surface area contributed by atoms with Gasteiger partial charge in [-0.2, -0.15) is 9.97 Å². The Bertz CT molecular complexity index is 719. The molecule has 1 aliphatic rings. The van der Waals surface area contributed by atoms with E-state index in [1.165, 1.54) is 10.9 Å². The van der Waals surface area contributed by atoms with Crippen molar-refractivity contribution >= 4 is 36.3 Å². The second kappa shape index (κ2) is 5.51. The molecule has 2 aromatic heterocycles. The van der Waals surface area contributed by atoms with E-state index in [1.54, 1.807) is 0 Å². The smallest absolute Gasteiger partial charge is 0.355 e. The number of nitrogen functional groups attached to an aromatic ring is 1. The first-order valence-corrected chi connectivity index (χ1v) is 8.30. The number of nitrogens with two attached hydrogens (primary N) is 1. The van der Waals surface area contributed by atoms with Crippen LogP contribution in [0.1, 0.15) is 12.8 Å². The van der Waals surface area contributed by atoms with Crippen LogP contribution < -0.4 is 5.73 Å². The number of hydrogen-bond donors (Lipinski definition) is 2. The summed E-state index contributed by atoms with van der Waals surface area (Å²) in [5.41, 5.74) is 6.18. The second-order valence-corrected chi connectivity index (χ2v) is 6.80. The lowest BCUT2D eigenvalue weighted by atomic mass is 10.5. The second-order valence-electron chi connectivity index (χ2n) is 4.65. The number of imidazole rings is 1. The summed E-state index contributed by atoms with van der Waals surface area (Å²) < 4.78 is 23.4. The Labute approximate surface area is 124 Å². The largest absolute Gasteiger partial charge is 0.368 e. The fourth-order valence-corrected chi connectivity index (χ4v) is 2.64. The third-order valence-electron chi connectivity index (χ3n) is 2.83. The predicted molar refractivity (Wildman–Crippen MR) is 74.6 cm³/mol. The normalized spacial score (nSPS) is 18.0.